The molecule has 2 aromatic rings. The van der Waals surface area contributed by atoms with E-state index in [0.717, 1.165) is 21.6 Å². The minimum Gasteiger partial charge on any atom is -0.454 e. The molecular weight excluding hydrogens is 506 g/mol. The van der Waals surface area contributed by atoms with E-state index < -0.39 is 38.1 Å². The van der Waals surface area contributed by atoms with Crippen LogP contribution in [0.1, 0.15) is 33.3 Å². The second kappa shape index (κ2) is 11.6. The third kappa shape index (κ3) is 6.85. The summed E-state index contributed by atoms with van der Waals surface area (Å²) in [5.74, 6) is -3.72. The molecule has 196 valence electrons. The largest absolute Gasteiger partial charge is 0.454 e. The number of carbonyl (C=O) groups excluding carboxylic acids is 4. The number of hydrogen-bond donors (Lipinski definition) is 0. The average Bonchev–Trinajstić information content (AvgIpc) is 2.82. The number of likely N-dealkylation sites (tertiary alicyclic amines) is 1. The van der Waals surface area contributed by atoms with Crippen LogP contribution in [0.4, 0.5) is 0 Å². The molecular formula is C28H33NO6SSi. The second-order valence-corrected chi connectivity index (χ2v) is 16.2. The van der Waals surface area contributed by atoms with Crippen molar-refractivity contribution in [1.82, 2.24) is 4.90 Å². The molecule has 1 aliphatic rings. The van der Waals surface area contributed by atoms with Crippen molar-refractivity contribution in [3.05, 3.63) is 78.0 Å². The van der Waals surface area contributed by atoms with Gasteiger partial charge in [0.2, 0.25) is 11.0 Å². The molecule has 1 heterocycles. The van der Waals surface area contributed by atoms with Crippen molar-refractivity contribution in [2.24, 2.45) is 5.92 Å². The first-order chi connectivity index (χ1) is 17.3. The van der Waals surface area contributed by atoms with Crippen molar-refractivity contribution in [2.45, 2.75) is 63.4 Å². The van der Waals surface area contributed by atoms with Gasteiger partial charge < -0.3 is 9.16 Å². The molecule has 3 rings (SSSR count). The molecule has 2 atom stereocenters. The predicted octanol–water partition coefficient (Wildman–Crippen LogP) is 5.33. The van der Waals surface area contributed by atoms with Crippen LogP contribution < -0.4 is 0 Å². The molecule has 0 bridgehead atoms. The highest BCUT2D eigenvalue weighted by Gasteiger charge is 2.53. The van der Waals surface area contributed by atoms with Gasteiger partial charge in [0.25, 0.3) is 0 Å². The van der Waals surface area contributed by atoms with Gasteiger partial charge in [-0.05, 0) is 54.5 Å². The highest BCUT2D eigenvalue weighted by atomic mass is 32.2. The average molecular weight is 540 g/mol. The van der Waals surface area contributed by atoms with E-state index in [0.29, 0.717) is 5.56 Å². The van der Waals surface area contributed by atoms with Crippen LogP contribution in [0.2, 0.25) is 18.1 Å². The molecule has 9 heteroatoms. The Hall–Kier alpha value is -3.01. The van der Waals surface area contributed by atoms with E-state index in [-0.39, 0.29) is 22.5 Å². The number of β-lactam (4-membered cyclic amide) rings is 1. The molecule has 7 nitrogen and oxygen atoms in total. The first-order valence-electron chi connectivity index (χ1n) is 12.1. The Bertz CT molecular complexity index is 1190. The van der Waals surface area contributed by atoms with Crippen LogP contribution in [0.15, 0.2) is 77.3 Å². The van der Waals surface area contributed by atoms with Crippen LogP contribution in [-0.2, 0) is 34.9 Å². The Labute approximate surface area is 223 Å². The van der Waals surface area contributed by atoms with Crippen LogP contribution in [0, 0.1) is 5.92 Å². The maximum Gasteiger partial charge on any atom is 0.398 e. The highest BCUT2D eigenvalue weighted by Crippen LogP contribution is 2.42. The number of imide groups is 1. The number of rotatable bonds is 7. The highest BCUT2D eigenvalue weighted by molar-refractivity contribution is 8.14. The summed E-state index contributed by atoms with van der Waals surface area (Å²) in [7, 11) is -2.26. The fraction of sp³-hybridized carbons (Fsp3) is 0.357. The zero-order chi connectivity index (χ0) is 27.4. The standard InChI is InChI=1S/C28H33NO6SSi/c1-19(35-37(5,6)28(2,3)4)24-22(17-23(30)36-21-15-11-8-12-16-21)29(25(24)31)26(32)27(33)34-18-20-13-9-7-10-14-20/h7-17,19,24H,18H2,1-6H3/b22-17-/t19-,24-/m1/s1. The molecule has 2 aromatic carbocycles. The molecule has 0 unspecified atom stereocenters. The summed E-state index contributed by atoms with van der Waals surface area (Å²) >= 11 is 0.970. The lowest BCUT2D eigenvalue weighted by Crippen LogP contribution is -2.60. The number of nitrogens with zero attached hydrogens (tertiary/aromatic N) is 1. The van der Waals surface area contributed by atoms with Gasteiger partial charge in [0.1, 0.15) is 12.5 Å². The number of benzene rings is 2. The van der Waals surface area contributed by atoms with Crippen LogP contribution in [0.3, 0.4) is 0 Å². The van der Waals surface area contributed by atoms with Crippen LogP contribution >= 0.6 is 11.8 Å². The van der Waals surface area contributed by atoms with E-state index >= 15 is 0 Å². The lowest BCUT2D eigenvalue weighted by atomic mass is 9.88. The van der Waals surface area contributed by atoms with Gasteiger partial charge in [0.15, 0.2) is 8.32 Å². The fourth-order valence-corrected chi connectivity index (χ4v) is 5.74. The summed E-state index contributed by atoms with van der Waals surface area (Å²) in [6, 6.07) is 18.0. The maximum absolute atomic E-state index is 13.2. The zero-order valence-corrected chi connectivity index (χ0v) is 23.8. The molecule has 0 aliphatic carbocycles. The molecule has 1 fully saturated rings. The number of carbonyl (C=O) groups is 4. The molecule has 0 saturated carbocycles. The Balaban J connectivity index is 1.82. The molecule has 0 aromatic heterocycles. The first kappa shape index (κ1) is 28.6. The minimum atomic E-state index is -2.26. The molecule has 1 saturated heterocycles. The van der Waals surface area contributed by atoms with Crippen molar-refractivity contribution in [2.75, 3.05) is 0 Å². The summed E-state index contributed by atoms with van der Waals surface area (Å²) in [5, 5.41) is -0.470. The van der Waals surface area contributed by atoms with Crippen molar-refractivity contribution in [3.8, 4) is 0 Å². The summed E-state index contributed by atoms with van der Waals surface area (Å²) in [5.41, 5.74) is 0.851. The molecule has 2 amide bonds. The Morgan fingerprint density at radius 3 is 2.16 bits per heavy atom. The smallest absolute Gasteiger partial charge is 0.398 e. The van der Waals surface area contributed by atoms with Gasteiger partial charge >= 0.3 is 11.9 Å². The quantitative estimate of drug-likeness (QED) is 0.117. The second-order valence-electron chi connectivity index (χ2n) is 10.4. The SMILES string of the molecule is C[C@@H](O[Si](C)(C)C(C)(C)C)[C@H]1C(=O)N(C(=O)C(=O)OCc2ccccc2)/C1=C\C(=O)Sc1ccccc1. The third-order valence-corrected chi connectivity index (χ3v) is 12.0. The first-order valence-corrected chi connectivity index (χ1v) is 15.8. The number of ether oxygens (including phenoxy) is 1. The van der Waals surface area contributed by atoms with E-state index in [9.17, 15) is 19.2 Å². The summed E-state index contributed by atoms with van der Waals surface area (Å²) in [6.45, 7) is 12.1. The summed E-state index contributed by atoms with van der Waals surface area (Å²) < 4.78 is 11.5. The van der Waals surface area contributed by atoms with Crippen LogP contribution in [-0.4, -0.2) is 42.2 Å². The molecule has 37 heavy (non-hydrogen) atoms. The monoisotopic (exact) mass is 539 g/mol. The van der Waals surface area contributed by atoms with Gasteiger partial charge in [0.05, 0.1) is 6.10 Å². The van der Waals surface area contributed by atoms with Gasteiger partial charge in [-0.25, -0.2) is 9.69 Å². The minimum absolute atomic E-state index is 0.104. The summed E-state index contributed by atoms with van der Waals surface area (Å²) in [4.78, 5) is 53.0. The van der Waals surface area contributed by atoms with Crippen molar-refractivity contribution in [3.63, 3.8) is 0 Å². The van der Waals surface area contributed by atoms with E-state index in [1.807, 2.05) is 24.3 Å². The van der Waals surface area contributed by atoms with E-state index in [2.05, 4.69) is 33.9 Å². The third-order valence-electron chi connectivity index (χ3n) is 6.64. The predicted molar refractivity (Wildman–Crippen MR) is 145 cm³/mol. The van der Waals surface area contributed by atoms with Gasteiger partial charge in [-0.1, -0.05) is 69.3 Å². The van der Waals surface area contributed by atoms with Crippen molar-refractivity contribution >= 4 is 43.0 Å². The van der Waals surface area contributed by atoms with E-state index in [1.165, 1.54) is 6.08 Å². The van der Waals surface area contributed by atoms with Gasteiger partial charge in [-0.3, -0.25) is 14.4 Å². The maximum atomic E-state index is 13.2. The Morgan fingerprint density at radius 2 is 1.59 bits per heavy atom. The topological polar surface area (TPSA) is 90.0 Å². The van der Waals surface area contributed by atoms with Crippen molar-refractivity contribution < 1.29 is 28.3 Å². The van der Waals surface area contributed by atoms with Gasteiger partial charge in [-0.15, -0.1) is 0 Å². The number of thioether (sulfide) groups is 1. The number of esters is 1. The lowest BCUT2D eigenvalue weighted by molar-refractivity contribution is -0.169. The van der Waals surface area contributed by atoms with Gasteiger partial charge in [-0.2, -0.15) is 0 Å². The number of hydrogen-bond acceptors (Lipinski definition) is 7. The molecule has 0 N–H and O–H groups in total. The van der Waals surface area contributed by atoms with Crippen LogP contribution in [0.25, 0.3) is 0 Å². The normalized spacial score (nSPS) is 17.8. The van der Waals surface area contributed by atoms with Crippen molar-refractivity contribution in [1.29, 1.82) is 0 Å². The zero-order valence-electron chi connectivity index (χ0n) is 22.0. The summed E-state index contributed by atoms with van der Waals surface area (Å²) in [6.07, 6.45) is 0.663. The van der Waals surface area contributed by atoms with E-state index in [1.54, 1.807) is 43.3 Å². The molecule has 0 spiro atoms. The van der Waals surface area contributed by atoms with Gasteiger partial charge in [0, 0.05) is 16.7 Å². The van der Waals surface area contributed by atoms with Crippen LogP contribution in [0.5, 0.6) is 0 Å². The Morgan fingerprint density at radius 1 is 1.03 bits per heavy atom. The fourth-order valence-electron chi connectivity index (χ4n) is 3.62. The molecule has 0 radical (unpaired) electrons. The molecule has 1 aliphatic heterocycles. The number of amides is 2. The van der Waals surface area contributed by atoms with E-state index in [4.69, 9.17) is 9.16 Å². The Kier molecular flexibility index (Phi) is 8.94. The lowest BCUT2D eigenvalue weighted by Gasteiger charge is -2.46.